The van der Waals surface area contributed by atoms with Crippen molar-refractivity contribution < 1.29 is 32.5 Å². The highest BCUT2D eigenvalue weighted by Gasteiger charge is 2.47. The number of benzene rings is 2. The van der Waals surface area contributed by atoms with Gasteiger partial charge in [-0.3, -0.25) is 4.79 Å². The first-order valence-electron chi connectivity index (χ1n) is 9.03. The molecule has 8 heteroatoms. The van der Waals surface area contributed by atoms with Gasteiger partial charge in [0.05, 0.1) is 0 Å². The number of fused-ring (bicyclic) bond motifs is 1. The molecule has 1 fully saturated rings. The molecular formula is C21H18F3NO4. The van der Waals surface area contributed by atoms with Crippen LogP contribution in [0.2, 0.25) is 0 Å². The number of ether oxygens (including phenoxy) is 2. The minimum atomic E-state index is -4.76. The van der Waals surface area contributed by atoms with Crippen LogP contribution in [-0.2, 0) is 4.79 Å². The number of carbonyl (C=O) groups is 1. The Morgan fingerprint density at radius 3 is 2.38 bits per heavy atom. The van der Waals surface area contributed by atoms with Crippen LogP contribution in [0, 0.1) is 5.92 Å². The van der Waals surface area contributed by atoms with Crippen LogP contribution in [-0.4, -0.2) is 36.1 Å². The highest BCUT2D eigenvalue weighted by Crippen LogP contribution is 2.41. The van der Waals surface area contributed by atoms with E-state index in [1.54, 1.807) is 18.2 Å². The van der Waals surface area contributed by atoms with E-state index in [2.05, 4.69) is 4.74 Å². The zero-order chi connectivity index (χ0) is 20.6. The summed E-state index contributed by atoms with van der Waals surface area (Å²) in [5.41, 5.74) is -0.259. The van der Waals surface area contributed by atoms with Crippen molar-refractivity contribution in [2.45, 2.75) is 18.4 Å². The zero-order valence-corrected chi connectivity index (χ0v) is 15.2. The van der Waals surface area contributed by atoms with Crippen molar-refractivity contribution in [2.75, 3.05) is 18.1 Å². The number of hydrogen-bond donors (Lipinski definition) is 1. The van der Waals surface area contributed by atoms with Crippen LogP contribution < -0.4 is 14.4 Å². The fourth-order valence-electron chi connectivity index (χ4n) is 3.74. The summed E-state index contributed by atoms with van der Waals surface area (Å²) in [4.78, 5) is 14.2. The van der Waals surface area contributed by atoms with Crippen LogP contribution in [0.25, 0.3) is 0 Å². The van der Waals surface area contributed by atoms with Gasteiger partial charge in [0, 0.05) is 23.7 Å². The maximum absolute atomic E-state index is 12.8. The van der Waals surface area contributed by atoms with Gasteiger partial charge in [-0.25, -0.2) is 0 Å². The molecule has 0 bridgehead atoms. The first kappa shape index (κ1) is 19.3. The van der Waals surface area contributed by atoms with E-state index in [9.17, 15) is 23.1 Å². The Balaban J connectivity index is 1.43. The maximum atomic E-state index is 12.8. The molecule has 2 atom stereocenters. The molecule has 2 aromatic carbocycles. The summed E-state index contributed by atoms with van der Waals surface area (Å²) in [7, 11) is 0. The predicted octanol–water partition coefficient (Wildman–Crippen LogP) is 3.69. The van der Waals surface area contributed by atoms with Crippen molar-refractivity contribution in [3.05, 3.63) is 66.2 Å². The first-order chi connectivity index (χ1) is 13.7. The van der Waals surface area contributed by atoms with Gasteiger partial charge < -0.3 is 19.5 Å². The average molecular weight is 405 g/mol. The van der Waals surface area contributed by atoms with Crippen molar-refractivity contribution in [3.8, 4) is 11.5 Å². The monoisotopic (exact) mass is 405 g/mol. The van der Waals surface area contributed by atoms with E-state index in [1.165, 1.54) is 29.2 Å². The number of rotatable bonds is 5. The Labute approximate surface area is 165 Å². The molecule has 1 saturated heterocycles. The number of anilines is 1. The Hall–Kier alpha value is -3.00. The molecule has 0 spiro atoms. The lowest BCUT2D eigenvalue weighted by atomic mass is 9.99. The summed E-state index contributed by atoms with van der Waals surface area (Å²) >= 11 is 0. The number of amides is 1. The highest BCUT2D eigenvalue weighted by molar-refractivity contribution is 6.09. The molecule has 152 valence electrons. The molecule has 1 heterocycles. The largest absolute Gasteiger partial charge is 0.573 e. The number of carbonyl (C=O) groups excluding carboxylic acids is 1. The van der Waals surface area contributed by atoms with E-state index in [4.69, 9.17) is 4.74 Å². The molecule has 4 rings (SSSR count). The van der Waals surface area contributed by atoms with Crippen molar-refractivity contribution >= 4 is 11.6 Å². The molecule has 2 aliphatic rings. The van der Waals surface area contributed by atoms with Gasteiger partial charge in [0.2, 0.25) is 0 Å². The van der Waals surface area contributed by atoms with Crippen molar-refractivity contribution in [3.63, 3.8) is 0 Å². The molecule has 0 saturated carbocycles. The molecule has 5 nitrogen and oxygen atoms in total. The molecule has 0 radical (unpaired) electrons. The van der Waals surface area contributed by atoms with Crippen LogP contribution in [0.1, 0.15) is 6.42 Å². The minimum Gasteiger partial charge on any atom is -0.490 e. The number of halogens is 3. The summed E-state index contributed by atoms with van der Waals surface area (Å²) in [6, 6.07) is 14.2. The molecule has 1 N–H and O–H groups in total. The van der Waals surface area contributed by atoms with E-state index in [0.29, 0.717) is 30.0 Å². The SMILES string of the molecule is O=C1C2=CC(O)(COc3ccccc3)CC2CN1c1ccc(OC(F)(F)F)cc1. The molecule has 2 unspecified atom stereocenters. The van der Waals surface area contributed by atoms with Crippen molar-refractivity contribution in [1.29, 1.82) is 0 Å². The quantitative estimate of drug-likeness (QED) is 0.825. The average Bonchev–Trinajstić information content (AvgIpc) is 3.15. The fourth-order valence-corrected chi connectivity index (χ4v) is 3.74. The number of hydrogen-bond acceptors (Lipinski definition) is 4. The van der Waals surface area contributed by atoms with E-state index in [0.717, 1.165) is 0 Å². The third kappa shape index (κ3) is 4.22. The molecule has 1 amide bonds. The lowest BCUT2D eigenvalue weighted by molar-refractivity contribution is -0.274. The highest BCUT2D eigenvalue weighted by atomic mass is 19.4. The molecule has 1 aliphatic heterocycles. The second kappa shape index (κ2) is 7.11. The zero-order valence-electron chi connectivity index (χ0n) is 15.2. The van der Waals surface area contributed by atoms with Gasteiger partial charge in [0.15, 0.2) is 0 Å². The Morgan fingerprint density at radius 1 is 1.07 bits per heavy atom. The normalized spacial score (nSPS) is 23.7. The van der Waals surface area contributed by atoms with Crippen LogP contribution >= 0.6 is 0 Å². The van der Waals surface area contributed by atoms with Gasteiger partial charge in [-0.05, 0) is 48.9 Å². The predicted molar refractivity (Wildman–Crippen MR) is 98.6 cm³/mol. The summed E-state index contributed by atoms with van der Waals surface area (Å²) in [5.74, 6) is -0.154. The van der Waals surface area contributed by atoms with Crippen molar-refractivity contribution in [2.24, 2.45) is 5.92 Å². The lowest BCUT2D eigenvalue weighted by Crippen LogP contribution is -2.35. The van der Waals surface area contributed by atoms with E-state index < -0.39 is 12.0 Å². The number of aliphatic hydroxyl groups is 1. The standard InChI is InChI=1S/C21H18F3NO4/c22-21(23,24)29-17-8-6-15(7-9-17)25-12-14-10-20(27,11-18(14)19(25)26)13-28-16-4-2-1-3-5-16/h1-9,11,14,27H,10,12-13H2. The number of nitrogens with zero attached hydrogens (tertiary/aromatic N) is 1. The van der Waals surface area contributed by atoms with Crippen molar-refractivity contribution in [1.82, 2.24) is 0 Å². The van der Waals surface area contributed by atoms with Gasteiger partial charge in [-0.15, -0.1) is 13.2 Å². The van der Waals surface area contributed by atoms with E-state index in [1.807, 2.05) is 18.2 Å². The topological polar surface area (TPSA) is 59.0 Å². The maximum Gasteiger partial charge on any atom is 0.573 e. The summed E-state index contributed by atoms with van der Waals surface area (Å²) in [6.45, 7) is 0.381. The van der Waals surface area contributed by atoms with Gasteiger partial charge in [-0.2, -0.15) is 0 Å². The molecular weight excluding hydrogens is 387 g/mol. The number of para-hydroxylation sites is 1. The van der Waals surface area contributed by atoms with Crippen LogP contribution in [0.5, 0.6) is 11.5 Å². The fraction of sp³-hybridized carbons (Fsp3) is 0.286. The second-order valence-electron chi connectivity index (χ2n) is 7.16. The second-order valence-corrected chi connectivity index (χ2v) is 7.16. The minimum absolute atomic E-state index is 0.0355. The van der Waals surface area contributed by atoms with Gasteiger partial charge in [-0.1, -0.05) is 18.2 Å². The van der Waals surface area contributed by atoms with Gasteiger partial charge >= 0.3 is 6.36 Å². The van der Waals surface area contributed by atoms with E-state index >= 15 is 0 Å². The Kier molecular flexibility index (Phi) is 4.74. The summed E-state index contributed by atoms with van der Waals surface area (Å²) in [6.07, 6.45) is -2.88. The van der Waals surface area contributed by atoms with Crippen LogP contribution in [0.3, 0.4) is 0 Å². The molecule has 0 aromatic heterocycles. The van der Waals surface area contributed by atoms with Gasteiger partial charge in [0.1, 0.15) is 23.7 Å². The van der Waals surface area contributed by atoms with Gasteiger partial charge in [0.25, 0.3) is 5.91 Å². The van der Waals surface area contributed by atoms with Crippen LogP contribution in [0.4, 0.5) is 18.9 Å². The number of alkyl halides is 3. The first-order valence-corrected chi connectivity index (χ1v) is 9.03. The lowest BCUT2D eigenvalue weighted by Gasteiger charge is -2.24. The third-order valence-electron chi connectivity index (χ3n) is 4.97. The van der Waals surface area contributed by atoms with E-state index in [-0.39, 0.29) is 24.2 Å². The molecule has 1 aliphatic carbocycles. The molecule has 29 heavy (non-hydrogen) atoms. The summed E-state index contributed by atoms with van der Waals surface area (Å²) in [5, 5.41) is 10.8. The Morgan fingerprint density at radius 2 is 1.76 bits per heavy atom. The molecule has 2 aromatic rings. The third-order valence-corrected chi connectivity index (χ3v) is 4.97. The Bertz CT molecular complexity index is 927. The smallest absolute Gasteiger partial charge is 0.490 e. The van der Waals surface area contributed by atoms with Crippen LogP contribution in [0.15, 0.2) is 66.2 Å². The summed E-state index contributed by atoms with van der Waals surface area (Å²) < 4.78 is 46.3.